The minimum absolute atomic E-state index is 0.250. The fourth-order valence-electron chi connectivity index (χ4n) is 0. The Morgan fingerprint density at radius 3 is 1.50 bits per heavy atom. The van der Waals surface area contributed by atoms with Gasteiger partial charge < -0.3 is 0 Å². The Balaban J connectivity index is 0. The minimum atomic E-state index is -3.08. The fraction of sp³-hybridized carbons (Fsp3) is 1.00. The van der Waals surface area contributed by atoms with Gasteiger partial charge in [-0.3, -0.25) is 0 Å². The van der Waals surface area contributed by atoms with Gasteiger partial charge in [0.25, 0.3) is 0 Å². The van der Waals surface area contributed by atoms with Gasteiger partial charge in [-0.05, 0) is 0 Å². The number of hydrogen-bond acceptors (Lipinski definition) is 3. The Bertz CT molecular complexity index is 98.3. The monoisotopic (exact) mass is 168 g/mol. The Hall–Kier alpha value is 0.0149. The first-order valence-electron chi connectivity index (χ1n) is 2.81. The first kappa shape index (κ1) is 12.7. The predicted molar refractivity (Wildman–Crippen MR) is 42.4 cm³/mol. The van der Waals surface area contributed by atoms with Crippen LogP contribution in [0.1, 0.15) is 6.92 Å². The summed E-state index contributed by atoms with van der Waals surface area (Å²) in [7, 11) is -3.33. The van der Waals surface area contributed by atoms with Crippen molar-refractivity contribution in [3.63, 3.8) is 0 Å². The van der Waals surface area contributed by atoms with Crippen LogP contribution < -0.4 is 0 Å². The Morgan fingerprint density at radius 2 is 1.50 bits per heavy atom. The fourth-order valence-corrected chi connectivity index (χ4v) is 0. The van der Waals surface area contributed by atoms with Crippen LogP contribution in [0.25, 0.3) is 0 Å². The quantitative estimate of drug-likeness (QED) is 0.367. The molecule has 0 amide bonds. The van der Waals surface area contributed by atoms with E-state index in [1.807, 2.05) is 0 Å². The van der Waals surface area contributed by atoms with E-state index in [0.717, 1.165) is 0 Å². The van der Waals surface area contributed by atoms with E-state index in [9.17, 15) is 0 Å². The number of hydrogen-bond donors (Lipinski definition) is 3. The molecule has 3 N–H and O–H groups in total. The summed E-state index contributed by atoms with van der Waals surface area (Å²) in [5, 5.41) is 6.89. The molecule has 10 heavy (non-hydrogen) atoms. The summed E-state index contributed by atoms with van der Waals surface area (Å²) in [6, 6.07) is 0. The molecule has 0 bridgehead atoms. The van der Waals surface area contributed by atoms with Gasteiger partial charge >= 0.3 is 60.3 Å². The van der Waals surface area contributed by atoms with E-state index in [0.29, 0.717) is 6.16 Å². The summed E-state index contributed by atoms with van der Waals surface area (Å²) in [5.41, 5.74) is 0. The third-order valence-electron chi connectivity index (χ3n) is 0.915. The van der Waals surface area contributed by atoms with Gasteiger partial charge in [0, 0.05) is 0 Å². The van der Waals surface area contributed by atoms with Gasteiger partial charge in [-0.2, -0.15) is 0 Å². The van der Waals surface area contributed by atoms with Gasteiger partial charge in [0.1, 0.15) is 0 Å². The van der Waals surface area contributed by atoms with Crippen LogP contribution in [0.3, 0.4) is 0 Å². The zero-order valence-corrected chi connectivity index (χ0v) is 7.38. The number of rotatable bonds is 1. The van der Waals surface area contributed by atoms with Crippen LogP contribution in [0.2, 0.25) is 0 Å². The standard InChI is InChI=1S/C4H13O2P.BHO2/c1-4-7(2,3,5)6;2-1-3/h5-6H,4H2,1-3H3;2H. The average Bonchev–Trinajstić information content (AvgIpc) is 1.65. The Kier molecular flexibility index (Phi) is 5.08. The SMILES string of the molecule is CCP(C)(C)(O)O.O=BO. The Morgan fingerprint density at radius 1 is 1.40 bits per heavy atom. The van der Waals surface area contributed by atoms with Crippen LogP contribution in [0.15, 0.2) is 0 Å². The molecule has 62 valence electrons. The third kappa shape index (κ3) is 24.5. The van der Waals surface area contributed by atoms with Crippen LogP contribution in [0.5, 0.6) is 0 Å². The molecule has 0 saturated heterocycles. The molecular weight excluding hydrogens is 154 g/mol. The molecule has 6 heteroatoms. The summed E-state index contributed by atoms with van der Waals surface area (Å²) in [6.45, 7) is 4.79. The second kappa shape index (κ2) is 4.01. The summed E-state index contributed by atoms with van der Waals surface area (Å²) in [5.74, 6) is 0. The molecule has 0 aromatic heterocycles. The van der Waals surface area contributed by atoms with Crippen molar-refractivity contribution in [2.45, 2.75) is 6.92 Å². The van der Waals surface area contributed by atoms with E-state index in [2.05, 4.69) is 0 Å². The molecule has 0 aliphatic rings. The van der Waals surface area contributed by atoms with Crippen LogP contribution in [-0.2, 0) is 4.70 Å². The molecule has 0 saturated carbocycles. The second-order valence-electron chi connectivity index (χ2n) is 2.67. The van der Waals surface area contributed by atoms with Crippen molar-refractivity contribution in [1.29, 1.82) is 0 Å². The Labute approximate surface area is 61.3 Å². The van der Waals surface area contributed by atoms with Gasteiger partial charge in [-0.15, -0.1) is 0 Å². The zero-order chi connectivity index (χ0) is 8.86. The molecule has 4 nitrogen and oxygen atoms in total. The molecule has 0 aromatic rings. The molecular formula is C4H14BO4P. The molecule has 0 radical (unpaired) electrons. The van der Waals surface area contributed by atoms with Crippen molar-refractivity contribution in [2.24, 2.45) is 0 Å². The van der Waals surface area contributed by atoms with Gasteiger partial charge in [-0.25, -0.2) is 0 Å². The first-order valence-corrected chi connectivity index (χ1v) is 6.03. The molecule has 0 unspecified atom stereocenters. The van der Waals surface area contributed by atoms with Crippen molar-refractivity contribution in [1.82, 2.24) is 0 Å². The van der Waals surface area contributed by atoms with Crippen molar-refractivity contribution < 1.29 is 19.5 Å². The van der Waals surface area contributed by atoms with E-state index in [1.54, 1.807) is 6.92 Å². The van der Waals surface area contributed by atoms with Gasteiger partial charge in [-0.1, -0.05) is 0 Å². The van der Waals surface area contributed by atoms with Gasteiger partial charge in [0.15, 0.2) is 0 Å². The summed E-state index contributed by atoms with van der Waals surface area (Å²) in [6.07, 6.45) is 0.478. The van der Waals surface area contributed by atoms with E-state index >= 15 is 0 Å². The van der Waals surface area contributed by atoms with Crippen LogP contribution >= 0.6 is 7.06 Å². The molecule has 0 heterocycles. The van der Waals surface area contributed by atoms with Crippen molar-refractivity contribution in [3.8, 4) is 0 Å². The average molecular weight is 168 g/mol. The van der Waals surface area contributed by atoms with E-state index in [4.69, 9.17) is 19.5 Å². The van der Waals surface area contributed by atoms with E-state index < -0.39 is 7.06 Å². The molecule has 0 atom stereocenters. The van der Waals surface area contributed by atoms with Crippen LogP contribution in [-0.4, -0.2) is 41.7 Å². The van der Waals surface area contributed by atoms with Crippen LogP contribution in [0, 0.1) is 0 Å². The van der Waals surface area contributed by atoms with Crippen LogP contribution in [0.4, 0.5) is 0 Å². The maximum atomic E-state index is 8.98. The summed E-state index contributed by atoms with van der Waals surface area (Å²) in [4.78, 5) is 18.0. The summed E-state index contributed by atoms with van der Waals surface area (Å²) < 4.78 is 8.36. The maximum absolute atomic E-state index is 8.98. The molecule has 0 spiro atoms. The topological polar surface area (TPSA) is 77.8 Å². The molecule has 0 fully saturated rings. The van der Waals surface area contributed by atoms with Gasteiger partial charge in [0.05, 0.1) is 0 Å². The first-order chi connectivity index (χ1) is 4.23. The zero-order valence-electron chi connectivity index (χ0n) is 6.48. The normalized spacial score (nSPS) is 13.5. The summed E-state index contributed by atoms with van der Waals surface area (Å²) >= 11 is 0. The third-order valence-corrected chi connectivity index (χ3v) is 2.75. The van der Waals surface area contributed by atoms with E-state index in [1.165, 1.54) is 13.3 Å². The molecule has 0 aliphatic heterocycles. The predicted octanol–water partition coefficient (Wildman–Crippen LogP) is -0.423. The van der Waals surface area contributed by atoms with Crippen molar-refractivity contribution in [3.05, 3.63) is 0 Å². The second-order valence-corrected chi connectivity index (χ2v) is 7.81. The molecule has 0 rings (SSSR count). The molecule has 0 aromatic carbocycles. The molecule has 0 aliphatic carbocycles. The van der Waals surface area contributed by atoms with Crippen molar-refractivity contribution >= 4 is 14.4 Å². The van der Waals surface area contributed by atoms with Gasteiger partial charge in [0.2, 0.25) is 0 Å². The van der Waals surface area contributed by atoms with Crippen molar-refractivity contribution in [2.75, 3.05) is 19.5 Å². The van der Waals surface area contributed by atoms with E-state index in [-0.39, 0.29) is 7.35 Å².